The smallest absolute Gasteiger partial charge is 0.148 e. The molecule has 0 radical (unpaired) electrons. The maximum absolute atomic E-state index is 5.94. The van der Waals surface area contributed by atoms with Crippen molar-refractivity contribution in [2.75, 3.05) is 0 Å². The molecule has 0 nitrogen and oxygen atoms in total. The Morgan fingerprint density at radius 3 is 0.500 bits per heavy atom. The van der Waals surface area contributed by atoms with E-state index in [1.54, 1.807) is 0 Å². The summed E-state index contributed by atoms with van der Waals surface area (Å²) >= 11 is 47.5. The lowest BCUT2D eigenvalue weighted by molar-refractivity contribution is 3.04. The lowest BCUT2D eigenvalue weighted by atomic mass is 25.9. The van der Waals surface area contributed by atoms with E-state index in [-0.39, 0.29) is 0 Å². The zero-order chi connectivity index (χ0) is 10.0. The fourth-order valence-electron chi connectivity index (χ4n) is 0.726. The van der Waals surface area contributed by atoms with Crippen LogP contribution in [0.1, 0.15) is 0 Å². The number of hydrogen-bond acceptors (Lipinski definition) is 0. The van der Waals surface area contributed by atoms with Crippen LogP contribution in [0.4, 0.5) is 0 Å². The highest BCUT2D eigenvalue weighted by Gasteiger charge is 2.95. The van der Waals surface area contributed by atoms with E-state index in [0.29, 0.717) is 0 Å². The first kappa shape index (κ1) is 13.3. The van der Waals surface area contributed by atoms with E-state index < -0.39 is 22.9 Å². The third kappa shape index (κ3) is 1.28. The molecule has 72 valence electrons. The highest BCUT2D eigenvalue weighted by molar-refractivity contribution is 8.51. The fraction of sp³-hybridized carbons (Fsp3) is 0. The van der Waals surface area contributed by atoms with Gasteiger partial charge in [0.15, 0.2) is 0 Å². The molecule has 0 N–H and O–H groups in total. The Labute approximate surface area is 110 Å². The second-order valence-corrected chi connectivity index (χ2v) is 62.0. The van der Waals surface area contributed by atoms with Crippen LogP contribution in [0, 0.1) is 0 Å². The standard InChI is InChI=1S/Cl8Si4/c1-9(2)10(3,4)12(7,8)11(9,5)6. The van der Waals surface area contributed by atoms with Crippen LogP contribution < -0.4 is 0 Å². The second kappa shape index (κ2) is 3.34. The molecule has 0 saturated carbocycles. The molecule has 0 aliphatic carbocycles. The van der Waals surface area contributed by atoms with Gasteiger partial charge in [0.25, 0.3) is 22.9 Å². The summed E-state index contributed by atoms with van der Waals surface area (Å²) in [5.41, 5.74) is -11.8. The highest BCUT2D eigenvalue weighted by atomic mass is 35.8. The fourth-order valence-corrected chi connectivity index (χ4v) is 166. The van der Waals surface area contributed by atoms with Gasteiger partial charge in [-0.25, -0.2) is 0 Å². The first-order chi connectivity index (χ1) is 5.00. The first-order valence-electron chi connectivity index (χ1n) is 2.51. The molecule has 1 saturated heterocycles. The molecule has 1 fully saturated rings. The molecule has 0 atom stereocenters. The lowest BCUT2D eigenvalue weighted by Crippen LogP contribution is -2.93. The average molecular weight is 396 g/mol. The Hall–Kier alpha value is 3.19. The van der Waals surface area contributed by atoms with Crippen LogP contribution in [0.3, 0.4) is 0 Å². The number of halogens is 8. The van der Waals surface area contributed by atoms with Gasteiger partial charge in [-0.1, -0.05) is 0 Å². The van der Waals surface area contributed by atoms with Gasteiger partial charge in [-0.3, -0.25) is 0 Å². The van der Waals surface area contributed by atoms with Crippen LogP contribution in [-0.2, 0) is 0 Å². The first-order valence-corrected chi connectivity index (χ1v) is 22.6. The summed E-state index contributed by atoms with van der Waals surface area (Å²) in [6.45, 7) is 0. The minimum absolute atomic E-state index is 2.96. The van der Waals surface area contributed by atoms with Crippen molar-refractivity contribution in [1.82, 2.24) is 0 Å². The Balaban J connectivity index is 3.16. The maximum Gasteiger partial charge on any atom is 0.295 e. The van der Waals surface area contributed by atoms with Gasteiger partial charge < -0.3 is 0 Å². The summed E-state index contributed by atoms with van der Waals surface area (Å²) in [5.74, 6) is 0. The predicted molar refractivity (Wildman–Crippen MR) is 69.8 cm³/mol. The van der Waals surface area contributed by atoms with Crippen LogP contribution in [0.2, 0.25) is 0 Å². The quantitative estimate of drug-likeness (QED) is 0.429. The van der Waals surface area contributed by atoms with Gasteiger partial charge in [0.05, 0.1) is 0 Å². The average Bonchev–Trinajstić information content (AvgIpc) is 1.84. The highest BCUT2D eigenvalue weighted by Crippen LogP contribution is 2.65. The monoisotopic (exact) mass is 392 g/mol. The molecule has 0 aromatic rings. The van der Waals surface area contributed by atoms with Crippen molar-refractivity contribution in [3.8, 4) is 0 Å². The lowest BCUT2D eigenvalue weighted by Gasteiger charge is -2.54. The van der Waals surface area contributed by atoms with Crippen molar-refractivity contribution in [3.63, 3.8) is 0 Å². The molecular formula is Cl8Si4. The van der Waals surface area contributed by atoms with E-state index in [2.05, 4.69) is 0 Å². The topological polar surface area (TPSA) is 0 Å². The maximum atomic E-state index is 5.94. The molecule has 1 aliphatic rings. The normalized spacial score (nSPS) is 34.0. The zero-order valence-corrected chi connectivity index (χ0v) is 15.1. The molecule has 1 heterocycles. The van der Waals surface area contributed by atoms with Crippen LogP contribution >= 0.6 is 88.6 Å². The third-order valence-corrected chi connectivity index (χ3v) is 128. The second-order valence-electron chi connectivity index (χ2n) is 2.30. The molecule has 1 aliphatic heterocycles. The molecule has 0 spiro atoms. The molecule has 0 amide bonds. The van der Waals surface area contributed by atoms with Gasteiger partial charge in [-0.15, -0.1) is 88.6 Å². The molecule has 12 heteroatoms. The number of rotatable bonds is 0. The summed E-state index contributed by atoms with van der Waals surface area (Å²) in [4.78, 5) is 0. The van der Waals surface area contributed by atoms with Crippen molar-refractivity contribution in [1.29, 1.82) is 0 Å². The van der Waals surface area contributed by atoms with Crippen molar-refractivity contribution in [2.24, 2.45) is 0 Å². The van der Waals surface area contributed by atoms with E-state index in [1.165, 1.54) is 0 Å². The third-order valence-electron chi connectivity index (χ3n) is 1.58. The SMILES string of the molecule is Cl[Si]1(Cl)[Si](Cl)(Cl)[Si](Cl)(Cl)[Si]1(Cl)Cl. The Morgan fingerprint density at radius 1 is 0.333 bits per heavy atom. The molecular weight excluding hydrogens is 396 g/mol. The van der Waals surface area contributed by atoms with Crippen molar-refractivity contribution in [2.45, 2.75) is 0 Å². The van der Waals surface area contributed by atoms with E-state index in [9.17, 15) is 0 Å². The molecule has 1 rings (SSSR count). The molecule has 12 heavy (non-hydrogen) atoms. The van der Waals surface area contributed by atoms with Gasteiger partial charge >= 0.3 is 0 Å². The number of hydrogen-bond donors (Lipinski definition) is 0. The molecule has 0 aromatic heterocycles. The van der Waals surface area contributed by atoms with Gasteiger partial charge in [0, 0.05) is 0 Å². The van der Waals surface area contributed by atoms with Gasteiger partial charge in [0.2, 0.25) is 0 Å². The summed E-state index contributed by atoms with van der Waals surface area (Å²) < 4.78 is 0. The summed E-state index contributed by atoms with van der Waals surface area (Å²) in [7, 11) is 0. The Morgan fingerprint density at radius 2 is 0.417 bits per heavy atom. The van der Waals surface area contributed by atoms with E-state index in [0.717, 1.165) is 0 Å². The molecule has 0 aromatic carbocycles. The minimum Gasteiger partial charge on any atom is -0.148 e. The largest absolute Gasteiger partial charge is 0.295 e. The van der Waals surface area contributed by atoms with Crippen molar-refractivity contribution >= 4 is 112 Å². The summed E-state index contributed by atoms with van der Waals surface area (Å²) in [5, 5.41) is 0. The Kier molecular flexibility index (Phi) is 3.69. The van der Waals surface area contributed by atoms with Crippen LogP contribution in [0.25, 0.3) is 0 Å². The summed E-state index contributed by atoms with van der Waals surface area (Å²) in [6.07, 6.45) is 0. The molecule has 0 unspecified atom stereocenters. The predicted octanol–water partition coefficient (Wildman–Crippen LogP) is 3.99. The Bertz CT molecular complexity index is 151. The van der Waals surface area contributed by atoms with Gasteiger partial charge in [-0.05, 0) is 0 Å². The van der Waals surface area contributed by atoms with Crippen molar-refractivity contribution < 1.29 is 0 Å². The zero-order valence-electron chi connectivity index (χ0n) is 5.02. The van der Waals surface area contributed by atoms with Gasteiger partial charge in [-0.2, -0.15) is 0 Å². The van der Waals surface area contributed by atoms with Gasteiger partial charge in [0.1, 0.15) is 0 Å². The van der Waals surface area contributed by atoms with Crippen LogP contribution in [0.5, 0.6) is 0 Å². The van der Waals surface area contributed by atoms with Crippen LogP contribution in [0.15, 0.2) is 0 Å². The van der Waals surface area contributed by atoms with Crippen LogP contribution in [-0.4, -0.2) is 22.9 Å². The minimum atomic E-state index is -2.96. The summed E-state index contributed by atoms with van der Waals surface area (Å²) in [6, 6.07) is 0. The van der Waals surface area contributed by atoms with Crippen molar-refractivity contribution in [3.05, 3.63) is 0 Å². The molecule has 0 bridgehead atoms. The van der Waals surface area contributed by atoms with E-state index >= 15 is 0 Å². The van der Waals surface area contributed by atoms with E-state index in [1.807, 2.05) is 0 Å². The van der Waals surface area contributed by atoms with E-state index in [4.69, 9.17) is 88.6 Å².